The van der Waals surface area contributed by atoms with Crippen molar-refractivity contribution in [2.24, 2.45) is 0 Å². The maximum Gasteiger partial charge on any atom is 0.190 e. The number of pyridine rings is 1. The Labute approximate surface area is 133 Å². The lowest BCUT2D eigenvalue weighted by Crippen LogP contribution is -2.17. The minimum absolute atomic E-state index is 0.0851. The zero-order valence-electron chi connectivity index (χ0n) is 12.7. The Morgan fingerprint density at radius 3 is 2.57 bits per heavy atom. The van der Waals surface area contributed by atoms with E-state index in [0.29, 0.717) is 16.6 Å². The van der Waals surface area contributed by atoms with Crippen LogP contribution in [0.2, 0.25) is 0 Å². The summed E-state index contributed by atoms with van der Waals surface area (Å²) in [5, 5.41) is 0.648. The van der Waals surface area contributed by atoms with Gasteiger partial charge in [0.15, 0.2) is 5.43 Å². The molecule has 23 heavy (non-hydrogen) atoms. The smallest absolute Gasteiger partial charge is 0.190 e. The molecule has 0 aliphatic carbocycles. The number of hydrogen-bond acceptors (Lipinski definition) is 2. The molecule has 1 fully saturated rings. The molecule has 1 aliphatic heterocycles. The Morgan fingerprint density at radius 2 is 1.78 bits per heavy atom. The van der Waals surface area contributed by atoms with Crippen molar-refractivity contribution < 1.29 is 4.39 Å². The Bertz CT molecular complexity index is 926. The fraction of sp³-hybridized carbons (Fsp3) is 0.211. The maximum atomic E-state index is 13.9. The van der Waals surface area contributed by atoms with Gasteiger partial charge in [-0.3, -0.25) is 4.79 Å². The first-order valence-electron chi connectivity index (χ1n) is 7.89. The molecular formula is C19H17FN2O. The van der Waals surface area contributed by atoms with Crippen molar-refractivity contribution >= 4 is 16.6 Å². The van der Waals surface area contributed by atoms with E-state index in [2.05, 4.69) is 9.88 Å². The lowest BCUT2D eigenvalue weighted by Gasteiger charge is -2.18. The van der Waals surface area contributed by atoms with Crippen LogP contribution in [0.3, 0.4) is 0 Å². The molecule has 0 bridgehead atoms. The van der Waals surface area contributed by atoms with Crippen LogP contribution in [0.25, 0.3) is 22.2 Å². The van der Waals surface area contributed by atoms with E-state index in [0.717, 1.165) is 24.3 Å². The van der Waals surface area contributed by atoms with Crippen LogP contribution in [0.1, 0.15) is 12.8 Å². The number of aromatic amines is 1. The predicted molar refractivity (Wildman–Crippen MR) is 91.4 cm³/mol. The molecule has 0 saturated carbocycles. The highest BCUT2D eigenvalue weighted by atomic mass is 19.1. The summed E-state index contributed by atoms with van der Waals surface area (Å²) < 4.78 is 13.9. The minimum atomic E-state index is -0.337. The second kappa shape index (κ2) is 5.54. The molecule has 3 aromatic rings. The minimum Gasteiger partial charge on any atom is -0.372 e. The van der Waals surface area contributed by atoms with Gasteiger partial charge in [-0.25, -0.2) is 4.39 Å². The topological polar surface area (TPSA) is 36.1 Å². The van der Waals surface area contributed by atoms with Crippen LogP contribution in [0.15, 0.2) is 53.3 Å². The standard InChI is InChI=1S/C19H17FN2O/c20-16-6-2-1-5-14(16)18-12-19(23)15-11-13(7-8-17(15)21-18)22-9-3-4-10-22/h1-2,5-8,11-12H,3-4,9-10H2,(H,21,23). The molecule has 2 aromatic carbocycles. The lowest BCUT2D eigenvalue weighted by molar-refractivity contribution is 0.631. The molecule has 0 atom stereocenters. The van der Waals surface area contributed by atoms with Gasteiger partial charge in [-0.05, 0) is 43.2 Å². The molecule has 1 N–H and O–H groups in total. The molecule has 0 radical (unpaired) electrons. The Balaban J connectivity index is 1.84. The van der Waals surface area contributed by atoms with Gasteiger partial charge >= 0.3 is 0 Å². The van der Waals surface area contributed by atoms with Crippen molar-refractivity contribution in [3.63, 3.8) is 0 Å². The summed E-state index contributed by atoms with van der Waals surface area (Å²) in [6, 6.07) is 13.8. The molecule has 116 valence electrons. The van der Waals surface area contributed by atoms with Crippen molar-refractivity contribution in [1.29, 1.82) is 0 Å². The zero-order valence-corrected chi connectivity index (χ0v) is 12.7. The molecule has 2 heterocycles. The highest BCUT2D eigenvalue weighted by molar-refractivity contribution is 5.84. The van der Waals surface area contributed by atoms with E-state index in [-0.39, 0.29) is 11.2 Å². The molecule has 4 rings (SSSR count). The molecular weight excluding hydrogens is 291 g/mol. The van der Waals surface area contributed by atoms with Crippen LogP contribution in [-0.4, -0.2) is 18.1 Å². The number of hydrogen-bond donors (Lipinski definition) is 1. The number of benzene rings is 2. The Kier molecular flexibility index (Phi) is 3.37. The molecule has 0 amide bonds. The average molecular weight is 308 g/mol. The first kappa shape index (κ1) is 14.0. The van der Waals surface area contributed by atoms with E-state index < -0.39 is 0 Å². The number of halogens is 1. The number of anilines is 1. The van der Waals surface area contributed by atoms with Crippen molar-refractivity contribution in [2.45, 2.75) is 12.8 Å². The van der Waals surface area contributed by atoms with Gasteiger partial charge in [0.05, 0.1) is 5.69 Å². The third-order valence-corrected chi connectivity index (χ3v) is 4.45. The molecule has 1 aromatic heterocycles. The molecule has 1 saturated heterocycles. The van der Waals surface area contributed by atoms with Crippen molar-refractivity contribution in [2.75, 3.05) is 18.0 Å². The van der Waals surface area contributed by atoms with Crippen LogP contribution >= 0.6 is 0 Å². The quantitative estimate of drug-likeness (QED) is 0.778. The number of H-pyrrole nitrogens is 1. The normalized spacial score (nSPS) is 14.6. The van der Waals surface area contributed by atoms with Crippen LogP contribution in [0.4, 0.5) is 10.1 Å². The van der Waals surface area contributed by atoms with Crippen LogP contribution < -0.4 is 10.3 Å². The summed E-state index contributed by atoms with van der Waals surface area (Å²) in [7, 11) is 0. The molecule has 1 aliphatic rings. The van der Waals surface area contributed by atoms with E-state index in [1.54, 1.807) is 18.2 Å². The van der Waals surface area contributed by atoms with E-state index in [9.17, 15) is 9.18 Å². The van der Waals surface area contributed by atoms with E-state index >= 15 is 0 Å². The van der Waals surface area contributed by atoms with Crippen LogP contribution in [0.5, 0.6) is 0 Å². The Morgan fingerprint density at radius 1 is 1.00 bits per heavy atom. The average Bonchev–Trinajstić information content (AvgIpc) is 3.09. The molecule has 0 spiro atoms. The summed E-state index contributed by atoms with van der Waals surface area (Å²) in [5.41, 5.74) is 2.65. The number of nitrogens with one attached hydrogen (secondary N) is 1. The van der Waals surface area contributed by atoms with Gasteiger partial charge in [-0.15, -0.1) is 0 Å². The molecule has 3 nitrogen and oxygen atoms in total. The SMILES string of the molecule is O=c1cc(-c2ccccc2F)[nH]c2ccc(N3CCCC3)cc12. The maximum absolute atomic E-state index is 13.9. The highest BCUT2D eigenvalue weighted by Crippen LogP contribution is 2.25. The third-order valence-electron chi connectivity index (χ3n) is 4.45. The monoisotopic (exact) mass is 308 g/mol. The van der Waals surface area contributed by atoms with Gasteiger partial charge in [0, 0.05) is 41.3 Å². The number of nitrogens with zero attached hydrogens (tertiary/aromatic N) is 1. The highest BCUT2D eigenvalue weighted by Gasteiger charge is 2.14. The van der Waals surface area contributed by atoms with E-state index in [4.69, 9.17) is 0 Å². The summed E-state index contributed by atoms with van der Waals surface area (Å²) in [4.78, 5) is 18.0. The van der Waals surface area contributed by atoms with Crippen molar-refractivity contribution in [3.05, 3.63) is 64.6 Å². The number of aromatic nitrogens is 1. The van der Waals surface area contributed by atoms with Crippen molar-refractivity contribution in [3.8, 4) is 11.3 Å². The first-order chi connectivity index (χ1) is 11.2. The van der Waals surface area contributed by atoms with Gasteiger partial charge in [0.25, 0.3) is 0 Å². The van der Waals surface area contributed by atoms with Gasteiger partial charge in [-0.1, -0.05) is 12.1 Å². The number of rotatable bonds is 2. The third kappa shape index (κ3) is 2.50. The van der Waals surface area contributed by atoms with Gasteiger partial charge in [0.2, 0.25) is 0 Å². The second-order valence-electron chi connectivity index (χ2n) is 5.95. The summed E-state index contributed by atoms with van der Waals surface area (Å²) in [6.07, 6.45) is 2.39. The van der Waals surface area contributed by atoms with Gasteiger partial charge in [0.1, 0.15) is 5.82 Å². The molecule has 4 heteroatoms. The summed E-state index contributed by atoms with van der Waals surface area (Å²) in [5.74, 6) is -0.337. The first-order valence-corrected chi connectivity index (χ1v) is 7.89. The lowest BCUT2D eigenvalue weighted by atomic mass is 10.1. The van der Waals surface area contributed by atoms with Crippen molar-refractivity contribution in [1.82, 2.24) is 4.98 Å². The van der Waals surface area contributed by atoms with Gasteiger partial charge < -0.3 is 9.88 Å². The summed E-state index contributed by atoms with van der Waals surface area (Å²) >= 11 is 0. The summed E-state index contributed by atoms with van der Waals surface area (Å²) in [6.45, 7) is 2.08. The number of fused-ring (bicyclic) bond motifs is 1. The van der Waals surface area contributed by atoms with Gasteiger partial charge in [-0.2, -0.15) is 0 Å². The zero-order chi connectivity index (χ0) is 15.8. The fourth-order valence-corrected chi connectivity index (χ4v) is 3.23. The molecule has 0 unspecified atom stereocenters. The fourth-order valence-electron chi connectivity index (χ4n) is 3.23. The Hall–Kier alpha value is -2.62. The van der Waals surface area contributed by atoms with E-state index in [1.807, 2.05) is 18.2 Å². The van der Waals surface area contributed by atoms with Crippen LogP contribution in [-0.2, 0) is 0 Å². The second-order valence-corrected chi connectivity index (χ2v) is 5.95. The van der Waals surface area contributed by atoms with Crippen LogP contribution in [0, 0.1) is 5.82 Å². The largest absolute Gasteiger partial charge is 0.372 e. The predicted octanol–water partition coefficient (Wildman–Crippen LogP) is 3.93. The van der Waals surface area contributed by atoms with E-state index in [1.165, 1.54) is 25.0 Å².